The monoisotopic (exact) mass is 330 g/mol. The molecule has 3 nitrogen and oxygen atoms in total. The lowest BCUT2D eigenvalue weighted by Gasteiger charge is -2.12. The Labute approximate surface area is 136 Å². The zero-order valence-electron chi connectivity index (χ0n) is 11.6. The number of ketones is 2. The Hall–Kier alpha value is -2.04. The number of carbonyl (C=O) groups excluding carboxylic acids is 2. The quantitative estimate of drug-likeness (QED) is 0.839. The molecule has 5 heteroatoms. The molecular weight excluding hydrogens is 320 g/mol. The summed E-state index contributed by atoms with van der Waals surface area (Å²) in [6.07, 6.45) is 1.17. The van der Waals surface area contributed by atoms with Crippen molar-refractivity contribution >= 4 is 34.9 Å². The van der Waals surface area contributed by atoms with Crippen molar-refractivity contribution in [3.05, 3.63) is 64.7 Å². The number of fused-ring (bicyclic) bond motifs is 1. The lowest BCUT2D eigenvalue weighted by Crippen LogP contribution is -2.14. The summed E-state index contributed by atoms with van der Waals surface area (Å²) in [5.74, 6) is 0.240. The number of rotatable bonds is 3. The average molecular weight is 331 g/mol. The number of Topliss-reactive ketones (excluding diaryl/α,β-unsaturated/α-hetero) is 1. The maximum absolute atomic E-state index is 12.0. The van der Waals surface area contributed by atoms with Gasteiger partial charge < -0.3 is 4.74 Å². The number of hydrogen-bond acceptors (Lipinski definition) is 4. The molecule has 0 radical (unpaired) electrons. The topological polar surface area (TPSA) is 43.4 Å². The summed E-state index contributed by atoms with van der Waals surface area (Å²) >= 11 is 7.27. The van der Waals surface area contributed by atoms with Crippen LogP contribution < -0.4 is 4.74 Å². The lowest BCUT2D eigenvalue weighted by atomic mass is 9.95. The van der Waals surface area contributed by atoms with E-state index >= 15 is 0 Å². The minimum absolute atomic E-state index is 0.0342. The Morgan fingerprint density at radius 2 is 1.64 bits per heavy atom. The Balaban J connectivity index is 1.90. The molecule has 0 saturated carbocycles. The van der Waals surface area contributed by atoms with E-state index in [0.29, 0.717) is 11.1 Å². The fourth-order valence-corrected chi connectivity index (χ4v) is 3.21. The maximum atomic E-state index is 12.0. The highest BCUT2D eigenvalue weighted by molar-refractivity contribution is 7.99. The van der Waals surface area contributed by atoms with Gasteiger partial charge in [-0.2, -0.15) is 0 Å². The molecular formula is C17H11ClO3S. The van der Waals surface area contributed by atoms with Crippen LogP contribution in [-0.4, -0.2) is 18.7 Å². The number of halogens is 1. The Bertz CT molecular complexity index is 794. The number of carbonyl (C=O) groups is 2. The molecule has 2 aromatic rings. The van der Waals surface area contributed by atoms with Crippen LogP contribution in [0, 0.1) is 0 Å². The van der Waals surface area contributed by atoms with Gasteiger partial charge in [-0.15, -0.1) is 0 Å². The minimum atomic E-state index is -0.308. The molecule has 0 saturated heterocycles. The molecule has 0 aromatic heterocycles. The molecule has 1 aliphatic carbocycles. The molecule has 0 heterocycles. The smallest absolute Gasteiger partial charge is 0.205 e. The van der Waals surface area contributed by atoms with Crippen LogP contribution in [0.4, 0.5) is 0 Å². The van der Waals surface area contributed by atoms with E-state index in [1.54, 1.807) is 19.2 Å². The van der Waals surface area contributed by atoms with Gasteiger partial charge in [0.25, 0.3) is 0 Å². The number of methoxy groups -OCH3 is 1. The second-order valence-electron chi connectivity index (χ2n) is 4.67. The van der Waals surface area contributed by atoms with Crippen molar-refractivity contribution in [3.63, 3.8) is 0 Å². The largest absolute Gasteiger partial charge is 0.497 e. The van der Waals surface area contributed by atoms with Gasteiger partial charge in [-0.05, 0) is 42.5 Å². The second kappa shape index (κ2) is 5.99. The zero-order chi connectivity index (χ0) is 15.7. The highest BCUT2D eigenvalue weighted by Gasteiger charge is 2.24. The molecule has 0 amide bonds. The van der Waals surface area contributed by atoms with Gasteiger partial charge in [0.2, 0.25) is 5.78 Å². The summed E-state index contributed by atoms with van der Waals surface area (Å²) in [6, 6.07) is 12.8. The fraction of sp³-hybridized carbons (Fsp3) is 0.0588. The summed E-state index contributed by atoms with van der Waals surface area (Å²) in [6.45, 7) is 0. The van der Waals surface area contributed by atoms with E-state index in [4.69, 9.17) is 16.3 Å². The number of benzene rings is 2. The molecule has 110 valence electrons. The van der Waals surface area contributed by atoms with E-state index in [2.05, 4.69) is 0 Å². The molecule has 0 aliphatic heterocycles. The first-order chi connectivity index (χ1) is 10.6. The highest BCUT2D eigenvalue weighted by atomic mass is 35.5. The SMILES string of the molecule is COc1ccc(Sc2ccc3c(c2)C(=O)C=C(Cl)C3=O)cc1. The third kappa shape index (κ3) is 2.80. The summed E-state index contributed by atoms with van der Waals surface area (Å²) in [4.78, 5) is 25.8. The van der Waals surface area contributed by atoms with E-state index in [9.17, 15) is 9.59 Å². The predicted octanol–water partition coefficient (Wildman–Crippen LogP) is 4.35. The van der Waals surface area contributed by atoms with Crippen molar-refractivity contribution in [2.24, 2.45) is 0 Å². The molecule has 0 N–H and O–H groups in total. The third-order valence-corrected chi connectivity index (χ3v) is 4.55. The highest BCUT2D eigenvalue weighted by Crippen LogP contribution is 2.32. The van der Waals surface area contributed by atoms with Crippen LogP contribution in [0.25, 0.3) is 0 Å². The second-order valence-corrected chi connectivity index (χ2v) is 6.22. The molecule has 0 spiro atoms. The molecule has 1 aliphatic rings. The van der Waals surface area contributed by atoms with Crippen LogP contribution in [-0.2, 0) is 0 Å². The van der Waals surface area contributed by atoms with Crippen LogP contribution in [0.5, 0.6) is 5.75 Å². The van der Waals surface area contributed by atoms with E-state index in [1.807, 2.05) is 30.3 Å². The molecule has 22 heavy (non-hydrogen) atoms. The van der Waals surface area contributed by atoms with Gasteiger partial charge in [-0.25, -0.2) is 0 Å². The Kier molecular flexibility index (Phi) is 4.05. The molecule has 2 aromatic carbocycles. The fourth-order valence-electron chi connectivity index (χ4n) is 2.16. The number of ether oxygens (including phenoxy) is 1. The number of hydrogen-bond donors (Lipinski definition) is 0. The zero-order valence-corrected chi connectivity index (χ0v) is 13.2. The van der Waals surface area contributed by atoms with Gasteiger partial charge in [-0.3, -0.25) is 9.59 Å². The van der Waals surface area contributed by atoms with Crippen molar-refractivity contribution in [2.45, 2.75) is 9.79 Å². The summed E-state index contributed by atoms with van der Waals surface area (Å²) in [5, 5.41) is -0.0342. The Morgan fingerprint density at radius 3 is 2.32 bits per heavy atom. The normalized spacial score (nSPS) is 13.6. The minimum Gasteiger partial charge on any atom is -0.497 e. The van der Waals surface area contributed by atoms with Gasteiger partial charge in [-0.1, -0.05) is 23.4 Å². The number of allylic oxidation sites excluding steroid dienone is 2. The van der Waals surface area contributed by atoms with Crippen LogP contribution in [0.3, 0.4) is 0 Å². The summed E-state index contributed by atoms with van der Waals surface area (Å²) in [7, 11) is 1.62. The molecule has 3 rings (SSSR count). The van der Waals surface area contributed by atoms with E-state index in [-0.39, 0.29) is 16.6 Å². The standard InChI is InChI=1S/C17H11ClO3S/c1-21-10-2-4-11(5-3-10)22-12-6-7-13-14(8-12)16(19)9-15(18)17(13)20/h2-9H,1H3. The first-order valence-electron chi connectivity index (χ1n) is 6.50. The van der Waals surface area contributed by atoms with Crippen molar-refractivity contribution in [3.8, 4) is 5.75 Å². The van der Waals surface area contributed by atoms with Crippen molar-refractivity contribution in [1.82, 2.24) is 0 Å². The van der Waals surface area contributed by atoms with Gasteiger partial charge in [0.05, 0.1) is 12.1 Å². The van der Waals surface area contributed by atoms with Gasteiger partial charge >= 0.3 is 0 Å². The molecule has 0 unspecified atom stereocenters. The molecule has 0 atom stereocenters. The van der Waals surface area contributed by atoms with E-state index in [1.165, 1.54) is 17.8 Å². The predicted molar refractivity (Wildman–Crippen MR) is 86.2 cm³/mol. The first kappa shape index (κ1) is 14.9. The van der Waals surface area contributed by atoms with Crippen LogP contribution in [0.1, 0.15) is 20.7 Å². The lowest BCUT2D eigenvalue weighted by molar-refractivity contribution is 0.0990. The van der Waals surface area contributed by atoms with Crippen LogP contribution in [0.2, 0.25) is 0 Å². The summed E-state index contributed by atoms with van der Waals surface area (Å²) < 4.78 is 5.12. The van der Waals surface area contributed by atoms with Crippen molar-refractivity contribution in [1.29, 1.82) is 0 Å². The average Bonchev–Trinajstić information content (AvgIpc) is 2.53. The van der Waals surface area contributed by atoms with Crippen LogP contribution in [0.15, 0.2) is 63.4 Å². The van der Waals surface area contributed by atoms with Gasteiger partial charge in [0.1, 0.15) is 5.75 Å². The van der Waals surface area contributed by atoms with E-state index in [0.717, 1.165) is 15.5 Å². The van der Waals surface area contributed by atoms with Crippen molar-refractivity contribution in [2.75, 3.05) is 7.11 Å². The molecule has 0 fully saturated rings. The van der Waals surface area contributed by atoms with Gasteiger partial charge in [0.15, 0.2) is 5.78 Å². The maximum Gasteiger partial charge on any atom is 0.205 e. The van der Waals surface area contributed by atoms with E-state index < -0.39 is 0 Å². The Morgan fingerprint density at radius 1 is 0.955 bits per heavy atom. The van der Waals surface area contributed by atoms with Gasteiger partial charge in [0, 0.05) is 27.0 Å². The van der Waals surface area contributed by atoms with Crippen molar-refractivity contribution < 1.29 is 14.3 Å². The van der Waals surface area contributed by atoms with Crippen LogP contribution >= 0.6 is 23.4 Å². The summed E-state index contributed by atoms with van der Waals surface area (Å²) in [5.41, 5.74) is 0.754. The third-order valence-electron chi connectivity index (χ3n) is 3.27. The molecule has 0 bridgehead atoms. The first-order valence-corrected chi connectivity index (χ1v) is 7.70.